The Balaban J connectivity index is 0.000000687. The molecule has 5 rings (SSSR count). The van der Waals surface area contributed by atoms with Gasteiger partial charge in [0.15, 0.2) is 0 Å². The van der Waals surface area contributed by atoms with Gasteiger partial charge < -0.3 is 9.67 Å². The molecule has 5 heterocycles. The predicted molar refractivity (Wildman–Crippen MR) is 118 cm³/mol. The first kappa shape index (κ1) is 20.8. The predicted octanol–water partition coefficient (Wildman–Crippen LogP) is 3.85. The maximum Gasteiger partial charge on any atom is 0.290 e. The minimum Gasteiger partial charge on any atom is -0.483 e. The summed E-state index contributed by atoms with van der Waals surface area (Å²) in [6, 6.07) is 11.4. The van der Waals surface area contributed by atoms with Crippen LogP contribution in [0.1, 0.15) is 40.6 Å². The number of nitrogens with zero attached hydrogens (tertiary/aromatic N) is 4. The third-order valence-corrected chi connectivity index (χ3v) is 6.78. The van der Waals surface area contributed by atoms with E-state index in [0.29, 0.717) is 0 Å². The largest absolute Gasteiger partial charge is 0.483 e. The maximum absolute atomic E-state index is 8.36. The van der Waals surface area contributed by atoms with Crippen molar-refractivity contribution < 1.29 is 9.90 Å². The second-order valence-corrected chi connectivity index (χ2v) is 8.79. The zero-order valence-electron chi connectivity index (χ0n) is 17.1. The van der Waals surface area contributed by atoms with E-state index in [1.54, 1.807) is 0 Å². The van der Waals surface area contributed by atoms with Gasteiger partial charge in [-0.15, -0.1) is 11.3 Å². The molecule has 6 nitrogen and oxygen atoms in total. The lowest BCUT2D eigenvalue weighted by atomic mass is 10.0. The van der Waals surface area contributed by atoms with Gasteiger partial charge in [0.1, 0.15) is 0 Å². The van der Waals surface area contributed by atoms with Crippen LogP contribution in [0.4, 0.5) is 0 Å². The van der Waals surface area contributed by atoms with E-state index in [9.17, 15) is 0 Å². The van der Waals surface area contributed by atoms with Gasteiger partial charge in [-0.25, -0.2) is 0 Å². The SMILES string of the molecule is O=CO.c1cncc(C2c3cccn3CCN2Cc2cc(CN3CCCC3)cs2)c1. The fourth-order valence-electron chi connectivity index (χ4n) is 4.51. The van der Waals surface area contributed by atoms with Gasteiger partial charge in [-0.2, -0.15) is 0 Å². The van der Waals surface area contributed by atoms with Gasteiger partial charge in [-0.05, 0) is 66.7 Å². The Morgan fingerprint density at radius 1 is 1.13 bits per heavy atom. The standard InChI is InChI=1S/C22H26N4S.CH2O2/c1-2-9-24(8-1)15-18-13-20(27-17-18)16-26-12-11-25-10-4-6-21(25)22(26)19-5-3-7-23-14-19;2-1-3/h3-7,10,13-14,17,22H,1-2,8-9,11-12,15-16H2;1H,(H,2,3). The van der Waals surface area contributed by atoms with E-state index in [4.69, 9.17) is 9.90 Å². The highest BCUT2D eigenvalue weighted by Crippen LogP contribution is 2.34. The number of hydrogen-bond acceptors (Lipinski definition) is 5. The second kappa shape index (κ2) is 10.0. The molecule has 0 radical (unpaired) electrons. The Labute approximate surface area is 181 Å². The Kier molecular flexibility index (Phi) is 6.94. The van der Waals surface area contributed by atoms with E-state index < -0.39 is 0 Å². The van der Waals surface area contributed by atoms with E-state index in [1.807, 2.05) is 23.7 Å². The Hall–Kier alpha value is -2.48. The van der Waals surface area contributed by atoms with Crippen LogP contribution in [0, 0.1) is 0 Å². The minimum absolute atomic E-state index is 0.250. The average Bonchev–Trinajstić information content (AvgIpc) is 3.52. The van der Waals surface area contributed by atoms with Crippen molar-refractivity contribution in [3.63, 3.8) is 0 Å². The topological polar surface area (TPSA) is 61.6 Å². The molecule has 0 saturated carbocycles. The number of hydrogen-bond donors (Lipinski definition) is 1. The summed E-state index contributed by atoms with van der Waals surface area (Å²) in [6.07, 6.45) is 8.80. The lowest BCUT2D eigenvalue weighted by Crippen LogP contribution is -2.37. The number of fused-ring (bicyclic) bond motifs is 1. The first-order valence-corrected chi connectivity index (χ1v) is 11.3. The summed E-state index contributed by atoms with van der Waals surface area (Å²) < 4.78 is 2.39. The van der Waals surface area contributed by atoms with Crippen LogP contribution in [0.3, 0.4) is 0 Å². The monoisotopic (exact) mass is 424 g/mol. The number of rotatable bonds is 5. The fraction of sp³-hybridized carbons (Fsp3) is 0.391. The molecule has 30 heavy (non-hydrogen) atoms. The summed E-state index contributed by atoms with van der Waals surface area (Å²) in [7, 11) is 0. The highest BCUT2D eigenvalue weighted by Gasteiger charge is 2.29. The lowest BCUT2D eigenvalue weighted by molar-refractivity contribution is -0.122. The number of likely N-dealkylation sites (tertiary alicyclic amines) is 1. The number of pyridine rings is 1. The molecule has 0 bridgehead atoms. The molecular weight excluding hydrogens is 396 g/mol. The smallest absolute Gasteiger partial charge is 0.290 e. The van der Waals surface area contributed by atoms with Gasteiger partial charge in [0.25, 0.3) is 6.47 Å². The van der Waals surface area contributed by atoms with Gasteiger partial charge in [0, 0.05) is 55.3 Å². The van der Waals surface area contributed by atoms with Crippen molar-refractivity contribution in [2.24, 2.45) is 0 Å². The third kappa shape index (κ3) is 4.80. The molecule has 0 amide bonds. The highest BCUT2D eigenvalue weighted by atomic mass is 32.1. The van der Waals surface area contributed by atoms with Gasteiger partial charge in [-0.3, -0.25) is 19.6 Å². The lowest BCUT2D eigenvalue weighted by Gasteiger charge is -2.37. The molecule has 158 valence electrons. The molecule has 3 aromatic heterocycles. The van der Waals surface area contributed by atoms with Crippen LogP contribution >= 0.6 is 11.3 Å². The van der Waals surface area contributed by atoms with E-state index in [2.05, 4.69) is 61.3 Å². The summed E-state index contributed by atoms with van der Waals surface area (Å²) in [4.78, 5) is 19.4. The molecule has 1 unspecified atom stereocenters. The fourth-order valence-corrected chi connectivity index (χ4v) is 5.42. The van der Waals surface area contributed by atoms with Crippen molar-refractivity contribution in [1.29, 1.82) is 0 Å². The van der Waals surface area contributed by atoms with Crippen LogP contribution in [0.25, 0.3) is 0 Å². The third-order valence-electron chi connectivity index (χ3n) is 5.81. The van der Waals surface area contributed by atoms with Gasteiger partial charge in [-0.1, -0.05) is 6.07 Å². The molecule has 1 N–H and O–H groups in total. The zero-order chi connectivity index (χ0) is 20.8. The van der Waals surface area contributed by atoms with Gasteiger partial charge in [0.2, 0.25) is 0 Å². The van der Waals surface area contributed by atoms with Crippen molar-refractivity contribution in [3.05, 3.63) is 76.0 Å². The van der Waals surface area contributed by atoms with E-state index in [-0.39, 0.29) is 12.5 Å². The molecule has 1 saturated heterocycles. The summed E-state index contributed by atoms with van der Waals surface area (Å²) in [5.74, 6) is 0. The van der Waals surface area contributed by atoms with Crippen LogP contribution < -0.4 is 0 Å². The molecule has 1 fully saturated rings. The summed E-state index contributed by atoms with van der Waals surface area (Å²) in [6.45, 7) is 6.53. The van der Waals surface area contributed by atoms with Crippen molar-refractivity contribution in [3.8, 4) is 0 Å². The molecule has 0 aliphatic carbocycles. The second-order valence-electron chi connectivity index (χ2n) is 7.80. The number of aromatic nitrogens is 2. The number of thiophene rings is 1. The average molecular weight is 425 g/mol. The zero-order valence-corrected chi connectivity index (χ0v) is 17.9. The summed E-state index contributed by atoms with van der Waals surface area (Å²) in [5, 5.41) is 9.25. The molecule has 2 aliphatic rings. The molecule has 7 heteroatoms. The molecule has 3 aromatic rings. The summed E-state index contributed by atoms with van der Waals surface area (Å²) in [5.41, 5.74) is 4.14. The van der Waals surface area contributed by atoms with E-state index >= 15 is 0 Å². The van der Waals surface area contributed by atoms with Crippen molar-refractivity contribution >= 4 is 17.8 Å². The van der Waals surface area contributed by atoms with E-state index in [1.165, 1.54) is 47.6 Å². The summed E-state index contributed by atoms with van der Waals surface area (Å²) >= 11 is 1.92. The van der Waals surface area contributed by atoms with Gasteiger partial charge >= 0.3 is 0 Å². The normalized spacial score (nSPS) is 19.1. The van der Waals surface area contributed by atoms with Crippen molar-refractivity contribution in [2.75, 3.05) is 19.6 Å². The van der Waals surface area contributed by atoms with Crippen LogP contribution in [0.15, 0.2) is 54.3 Å². The minimum atomic E-state index is -0.250. The Bertz CT molecular complexity index is 934. The van der Waals surface area contributed by atoms with Crippen LogP contribution in [0.2, 0.25) is 0 Å². The number of carbonyl (C=O) groups is 1. The van der Waals surface area contributed by atoms with Crippen LogP contribution in [0.5, 0.6) is 0 Å². The number of carboxylic acid groups (broad SMARTS) is 1. The van der Waals surface area contributed by atoms with Crippen molar-refractivity contribution in [2.45, 2.75) is 38.5 Å². The van der Waals surface area contributed by atoms with Crippen LogP contribution in [-0.4, -0.2) is 50.6 Å². The van der Waals surface area contributed by atoms with Crippen LogP contribution in [-0.2, 0) is 24.4 Å². The molecule has 0 aromatic carbocycles. The molecular formula is C23H28N4O2S. The molecule has 1 atom stereocenters. The maximum atomic E-state index is 8.36. The first-order valence-electron chi connectivity index (χ1n) is 10.4. The Morgan fingerprint density at radius 3 is 2.73 bits per heavy atom. The molecule has 0 spiro atoms. The van der Waals surface area contributed by atoms with Crippen molar-refractivity contribution in [1.82, 2.24) is 19.4 Å². The Morgan fingerprint density at radius 2 is 1.97 bits per heavy atom. The molecule has 2 aliphatic heterocycles. The quantitative estimate of drug-likeness (QED) is 0.631. The van der Waals surface area contributed by atoms with Gasteiger partial charge in [0.05, 0.1) is 6.04 Å². The van der Waals surface area contributed by atoms with E-state index in [0.717, 1.165) is 26.2 Å². The first-order chi connectivity index (χ1) is 14.8. The highest BCUT2D eigenvalue weighted by molar-refractivity contribution is 7.10.